The van der Waals surface area contributed by atoms with Gasteiger partial charge in [-0.05, 0) is 55.3 Å². The molecule has 0 spiro atoms. The van der Waals surface area contributed by atoms with Crippen LogP contribution in [-0.2, 0) is 16.0 Å². The summed E-state index contributed by atoms with van der Waals surface area (Å²) in [4.78, 5) is 31.9. The van der Waals surface area contributed by atoms with Crippen LogP contribution in [0.2, 0.25) is 0 Å². The first-order valence-corrected chi connectivity index (χ1v) is 11.4. The molecule has 2 aliphatic heterocycles. The van der Waals surface area contributed by atoms with Crippen molar-refractivity contribution in [1.82, 2.24) is 15.1 Å². The van der Waals surface area contributed by atoms with Crippen LogP contribution in [0.25, 0.3) is 0 Å². The van der Waals surface area contributed by atoms with Gasteiger partial charge in [0.1, 0.15) is 5.82 Å². The van der Waals surface area contributed by atoms with Crippen LogP contribution in [0, 0.1) is 12.7 Å². The van der Waals surface area contributed by atoms with Crippen LogP contribution in [-0.4, -0.2) is 75.0 Å². The quantitative estimate of drug-likeness (QED) is 0.680. The van der Waals surface area contributed by atoms with Crippen LogP contribution >= 0.6 is 0 Å². The molecule has 0 saturated carbocycles. The summed E-state index contributed by atoms with van der Waals surface area (Å²) in [5.74, 6) is -1.95. The molecular weight excluding hydrogens is 421 g/mol. The van der Waals surface area contributed by atoms with Gasteiger partial charge >= 0.3 is 11.8 Å². The molecule has 2 amide bonds. The van der Waals surface area contributed by atoms with Gasteiger partial charge in [-0.3, -0.25) is 14.5 Å². The lowest BCUT2D eigenvalue weighted by molar-refractivity contribution is -0.136. The van der Waals surface area contributed by atoms with E-state index < -0.39 is 17.6 Å². The zero-order valence-electron chi connectivity index (χ0n) is 19.5. The lowest BCUT2D eigenvalue weighted by atomic mass is 10.00. The number of hydrogen-bond acceptors (Lipinski definition) is 5. The Morgan fingerprint density at radius 1 is 1.00 bits per heavy atom. The first kappa shape index (κ1) is 23.2. The molecule has 7 nitrogen and oxygen atoms in total. The summed E-state index contributed by atoms with van der Waals surface area (Å²) < 4.78 is 13.8. The third-order valence-electron chi connectivity index (χ3n) is 6.69. The highest BCUT2D eigenvalue weighted by Gasteiger charge is 2.27. The van der Waals surface area contributed by atoms with E-state index in [1.807, 2.05) is 0 Å². The molecule has 0 bridgehead atoms. The van der Waals surface area contributed by atoms with E-state index in [2.05, 4.69) is 57.6 Å². The Kier molecular flexibility index (Phi) is 6.95. The number of piperazine rings is 1. The van der Waals surface area contributed by atoms with Crippen molar-refractivity contribution in [2.45, 2.75) is 19.4 Å². The number of likely N-dealkylation sites (N-methyl/N-ethyl adjacent to an activating group) is 2. The molecule has 1 saturated heterocycles. The maximum Gasteiger partial charge on any atom is 0.313 e. The molecule has 0 aromatic heterocycles. The molecule has 1 fully saturated rings. The Labute approximate surface area is 194 Å². The highest BCUT2D eigenvalue weighted by atomic mass is 19.1. The SMILES string of the molecule is Cc1ccc(NC(=O)C(=O)NCC(c2ccc3c(c2)CCN3C)N2CCN(C)CC2)cc1F. The van der Waals surface area contributed by atoms with Crippen LogP contribution in [0.15, 0.2) is 36.4 Å². The molecule has 8 heteroatoms. The summed E-state index contributed by atoms with van der Waals surface area (Å²) in [5, 5.41) is 5.28. The molecule has 1 atom stereocenters. The minimum atomic E-state index is -0.800. The lowest BCUT2D eigenvalue weighted by Gasteiger charge is -2.38. The zero-order valence-corrected chi connectivity index (χ0v) is 19.5. The number of carbonyl (C=O) groups is 2. The molecule has 176 valence electrons. The van der Waals surface area contributed by atoms with E-state index in [4.69, 9.17) is 0 Å². The number of nitrogens with one attached hydrogen (secondary N) is 2. The van der Waals surface area contributed by atoms with E-state index in [0.717, 1.165) is 44.7 Å². The fourth-order valence-electron chi connectivity index (χ4n) is 4.51. The second kappa shape index (κ2) is 9.89. The Bertz CT molecular complexity index is 1040. The smallest absolute Gasteiger partial charge is 0.313 e. The van der Waals surface area contributed by atoms with E-state index in [1.165, 1.54) is 17.3 Å². The summed E-state index contributed by atoms with van der Waals surface area (Å²) in [6.07, 6.45) is 1.01. The summed E-state index contributed by atoms with van der Waals surface area (Å²) in [7, 11) is 4.21. The normalized spacial score (nSPS) is 17.5. The summed E-state index contributed by atoms with van der Waals surface area (Å²) in [6.45, 7) is 6.67. The molecule has 0 aliphatic carbocycles. The van der Waals surface area contributed by atoms with Gasteiger partial charge in [0.2, 0.25) is 0 Å². The fourth-order valence-corrected chi connectivity index (χ4v) is 4.51. The first-order chi connectivity index (χ1) is 15.8. The Morgan fingerprint density at radius 3 is 2.48 bits per heavy atom. The number of carbonyl (C=O) groups excluding carboxylic acids is 2. The van der Waals surface area contributed by atoms with Gasteiger partial charge in [-0.2, -0.15) is 0 Å². The maximum atomic E-state index is 13.8. The second-order valence-corrected chi connectivity index (χ2v) is 9.04. The number of fused-ring (bicyclic) bond motifs is 1. The number of amides is 2. The molecule has 1 unspecified atom stereocenters. The highest BCUT2D eigenvalue weighted by molar-refractivity contribution is 6.39. The Balaban J connectivity index is 1.45. The average Bonchev–Trinajstić information content (AvgIpc) is 3.17. The highest BCUT2D eigenvalue weighted by Crippen LogP contribution is 2.31. The monoisotopic (exact) mass is 453 g/mol. The minimum Gasteiger partial charge on any atom is -0.374 e. The molecule has 4 rings (SSSR count). The van der Waals surface area contributed by atoms with Gasteiger partial charge in [-0.15, -0.1) is 0 Å². The number of hydrogen-bond donors (Lipinski definition) is 2. The molecule has 33 heavy (non-hydrogen) atoms. The van der Waals surface area contributed by atoms with E-state index in [9.17, 15) is 14.0 Å². The van der Waals surface area contributed by atoms with Crippen molar-refractivity contribution in [3.05, 3.63) is 58.9 Å². The topological polar surface area (TPSA) is 67.9 Å². The standard InChI is InChI=1S/C25H32FN5O2/c1-17-4-6-20(15-21(17)26)28-25(33)24(32)27-16-23(31-12-10-29(2)11-13-31)18-5-7-22-19(14-18)8-9-30(22)3/h4-7,14-15,23H,8-13,16H2,1-3H3,(H,27,32)(H,28,33). The predicted octanol–water partition coefficient (Wildman–Crippen LogP) is 2.17. The van der Waals surface area contributed by atoms with Gasteiger partial charge in [0, 0.05) is 57.7 Å². The van der Waals surface area contributed by atoms with Gasteiger partial charge in [-0.25, -0.2) is 4.39 Å². The van der Waals surface area contributed by atoms with Gasteiger partial charge in [0.15, 0.2) is 0 Å². The van der Waals surface area contributed by atoms with Crippen LogP contribution in [0.5, 0.6) is 0 Å². The van der Waals surface area contributed by atoms with E-state index >= 15 is 0 Å². The van der Waals surface area contributed by atoms with Gasteiger partial charge in [-0.1, -0.05) is 18.2 Å². The average molecular weight is 454 g/mol. The van der Waals surface area contributed by atoms with Crippen molar-refractivity contribution in [3.63, 3.8) is 0 Å². The summed E-state index contributed by atoms with van der Waals surface area (Å²) >= 11 is 0. The second-order valence-electron chi connectivity index (χ2n) is 9.04. The molecule has 0 radical (unpaired) electrons. The minimum absolute atomic E-state index is 0.0246. The summed E-state index contributed by atoms with van der Waals surface area (Å²) in [6, 6.07) is 10.9. The third-order valence-corrected chi connectivity index (χ3v) is 6.69. The van der Waals surface area contributed by atoms with Crippen LogP contribution in [0.1, 0.15) is 22.7 Å². The van der Waals surface area contributed by atoms with Crippen molar-refractivity contribution in [2.24, 2.45) is 0 Å². The molecular formula is C25H32FN5O2. The van der Waals surface area contributed by atoms with E-state index in [1.54, 1.807) is 19.1 Å². The number of rotatable bonds is 5. The van der Waals surface area contributed by atoms with Crippen LogP contribution in [0.4, 0.5) is 15.8 Å². The third kappa shape index (κ3) is 5.34. The maximum absolute atomic E-state index is 13.8. The van der Waals surface area contributed by atoms with Gasteiger partial charge in [0.05, 0.1) is 6.04 Å². The predicted molar refractivity (Wildman–Crippen MR) is 128 cm³/mol. The van der Waals surface area contributed by atoms with Crippen molar-refractivity contribution in [3.8, 4) is 0 Å². The number of aryl methyl sites for hydroxylation is 1. The lowest BCUT2D eigenvalue weighted by Crippen LogP contribution is -2.49. The van der Waals surface area contributed by atoms with Crippen molar-refractivity contribution in [1.29, 1.82) is 0 Å². The number of anilines is 2. The van der Waals surface area contributed by atoms with Crippen LogP contribution < -0.4 is 15.5 Å². The van der Waals surface area contributed by atoms with Crippen LogP contribution in [0.3, 0.4) is 0 Å². The van der Waals surface area contributed by atoms with Crippen molar-refractivity contribution >= 4 is 23.2 Å². The van der Waals surface area contributed by atoms with Crippen molar-refractivity contribution in [2.75, 3.05) is 63.6 Å². The molecule has 2 heterocycles. The first-order valence-electron chi connectivity index (χ1n) is 11.4. The van der Waals surface area contributed by atoms with Gasteiger partial charge < -0.3 is 20.4 Å². The Morgan fingerprint density at radius 2 is 1.76 bits per heavy atom. The fraction of sp³-hybridized carbons (Fsp3) is 0.440. The molecule has 2 N–H and O–H groups in total. The zero-order chi connectivity index (χ0) is 23.5. The molecule has 2 aromatic rings. The van der Waals surface area contributed by atoms with Crippen molar-refractivity contribution < 1.29 is 14.0 Å². The molecule has 2 aromatic carbocycles. The summed E-state index contributed by atoms with van der Waals surface area (Å²) in [5.41, 5.74) is 4.46. The van der Waals surface area contributed by atoms with E-state index in [-0.39, 0.29) is 11.7 Å². The number of nitrogens with zero attached hydrogens (tertiary/aromatic N) is 3. The van der Waals surface area contributed by atoms with Gasteiger partial charge in [0.25, 0.3) is 0 Å². The van der Waals surface area contributed by atoms with E-state index in [0.29, 0.717) is 12.1 Å². The molecule has 2 aliphatic rings. The number of benzene rings is 2. The largest absolute Gasteiger partial charge is 0.374 e. The Hall–Kier alpha value is -2.97. The number of halogens is 1.